The van der Waals surface area contributed by atoms with Gasteiger partial charge in [-0.05, 0) is 37.4 Å². The average Bonchev–Trinajstić information content (AvgIpc) is 2.90. The lowest BCUT2D eigenvalue weighted by Crippen LogP contribution is -2.25. The van der Waals surface area contributed by atoms with E-state index in [1.54, 1.807) is 0 Å². The largest absolute Gasteiger partial charge is 0.456 e. The van der Waals surface area contributed by atoms with Gasteiger partial charge in [0, 0.05) is 11.9 Å². The molecule has 6 nitrogen and oxygen atoms in total. The van der Waals surface area contributed by atoms with E-state index in [0.29, 0.717) is 18.3 Å². The third-order valence-corrected chi connectivity index (χ3v) is 9.69. The smallest absolute Gasteiger partial charge is 0.435 e. The maximum Gasteiger partial charge on any atom is 0.435 e. The van der Waals surface area contributed by atoms with E-state index >= 15 is 0 Å². The lowest BCUT2D eigenvalue weighted by Gasteiger charge is -2.24. The molecule has 0 fully saturated rings. The Morgan fingerprint density at radius 3 is 1.80 bits per heavy atom. The zero-order valence-electron chi connectivity index (χ0n) is 27.1. The molecule has 0 aromatic rings. The lowest BCUT2D eigenvalue weighted by molar-refractivity contribution is 0.0533. The number of carbonyl (C=O) groups is 1. The van der Waals surface area contributed by atoms with Gasteiger partial charge >= 0.3 is 13.3 Å². The Kier molecular flexibility index (Phi) is 25.4. The SMILES string of the molecule is CCCCCCCCCCCCCSC(CCCCCCC)C(C)OCCCOP(=O)(O)C(=O)OCC(C)(C)C. The van der Waals surface area contributed by atoms with Gasteiger partial charge in [0.2, 0.25) is 0 Å². The van der Waals surface area contributed by atoms with Gasteiger partial charge in [0.25, 0.3) is 0 Å². The minimum Gasteiger partial charge on any atom is -0.456 e. The summed E-state index contributed by atoms with van der Waals surface area (Å²) in [4.78, 5) is 21.8. The average molecular weight is 609 g/mol. The monoisotopic (exact) mass is 608 g/mol. The molecule has 40 heavy (non-hydrogen) atoms. The van der Waals surface area contributed by atoms with E-state index in [1.165, 1.54) is 108 Å². The normalized spacial score (nSPS) is 15.1. The highest BCUT2D eigenvalue weighted by Crippen LogP contribution is 2.44. The number of thioether (sulfide) groups is 1. The fraction of sp³-hybridized carbons (Fsp3) is 0.969. The van der Waals surface area contributed by atoms with Crippen LogP contribution in [0.1, 0.15) is 157 Å². The standard InChI is InChI=1S/C32H65O6PS/c1-7-9-11-13-14-15-16-17-18-20-22-27-40-30(24-21-19-12-10-8-2)29(3)36-25-23-26-38-39(34,35)31(33)37-28-32(4,5)6/h29-30H,7-28H2,1-6H3,(H,34,35). The molecular weight excluding hydrogens is 543 g/mol. The highest BCUT2D eigenvalue weighted by molar-refractivity contribution is 7.99. The van der Waals surface area contributed by atoms with Crippen molar-refractivity contribution >= 4 is 25.1 Å². The minimum absolute atomic E-state index is 0.0152. The first kappa shape index (κ1) is 39.9. The molecule has 8 heteroatoms. The van der Waals surface area contributed by atoms with E-state index in [9.17, 15) is 14.3 Å². The number of unbranched alkanes of at least 4 members (excludes halogenated alkanes) is 14. The van der Waals surface area contributed by atoms with Crippen molar-refractivity contribution in [3.63, 3.8) is 0 Å². The number of ether oxygens (including phenoxy) is 2. The predicted octanol–water partition coefficient (Wildman–Crippen LogP) is 10.9. The molecule has 0 aliphatic heterocycles. The number of rotatable bonds is 28. The van der Waals surface area contributed by atoms with Crippen molar-refractivity contribution in [3.8, 4) is 0 Å². The van der Waals surface area contributed by atoms with Crippen LogP contribution in [0.5, 0.6) is 0 Å². The van der Waals surface area contributed by atoms with Crippen molar-refractivity contribution < 1.29 is 28.3 Å². The first-order valence-corrected chi connectivity index (χ1v) is 19.0. The van der Waals surface area contributed by atoms with Crippen LogP contribution in [0.2, 0.25) is 0 Å². The van der Waals surface area contributed by atoms with Crippen LogP contribution in [0.15, 0.2) is 0 Å². The molecule has 0 aliphatic rings. The molecule has 0 bridgehead atoms. The molecule has 0 saturated carbocycles. The van der Waals surface area contributed by atoms with Crippen LogP contribution in [-0.2, 0) is 18.6 Å². The third-order valence-electron chi connectivity index (χ3n) is 6.99. The summed E-state index contributed by atoms with van der Waals surface area (Å²) >= 11 is 2.05. The predicted molar refractivity (Wildman–Crippen MR) is 173 cm³/mol. The van der Waals surface area contributed by atoms with Crippen molar-refractivity contribution in [2.24, 2.45) is 5.41 Å². The molecule has 3 atom stereocenters. The van der Waals surface area contributed by atoms with Gasteiger partial charge < -0.3 is 18.9 Å². The molecule has 0 spiro atoms. The molecule has 3 unspecified atom stereocenters. The summed E-state index contributed by atoms with van der Waals surface area (Å²) in [5.41, 5.74) is -1.46. The van der Waals surface area contributed by atoms with Crippen LogP contribution in [0, 0.1) is 5.41 Å². The van der Waals surface area contributed by atoms with Gasteiger partial charge in [-0.1, -0.05) is 131 Å². The Morgan fingerprint density at radius 1 is 0.775 bits per heavy atom. The van der Waals surface area contributed by atoms with Crippen LogP contribution in [0.4, 0.5) is 4.79 Å². The third kappa shape index (κ3) is 24.5. The second-order valence-corrected chi connectivity index (χ2v) is 15.6. The molecule has 0 rings (SSSR count). The highest BCUT2D eigenvalue weighted by atomic mass is 32.2. The molecule has 240 valence electrons. The zero-order chi connectivity index (χ0) is 30.1. The van der Waals surface area contributed by atoms with E-state index in [4.69, 9.17) is 14.0 Å². The zero-order valence-corrected chi connectivity index (χ0v) is 28.8. The Hall–Kier alpha value is -0.0700. The van der Waals surface area contributed by atoms with Crippen molar-refractivity contribution in [1.82, 2.24) is 0 Å². The van der Waals surface area contributed by atoms with Crippen molar-refractivity contribution in [2.45, 2.75) is 168 Å². The topological polar surface area (TPSA) is 82.1 Å². The van der Waals surface area contributed by atoms with Crippen LogP contribution < -0.4 is 0 Å². The quantitative estimate of drug-likeness (QED) is 0.0699. The second kappa shape index (κ2) is 25.4. The molecule has 0 aliphatic carbocycles. The fourth-order valence-electron chi connectivity index (χ4n) is 4.44. The van der Waals surface area contributed by atoms with Crippen LogP contribution in [-0.4, -0.2) is 47.5 Å². The summed E-state index contributed by atoms with van der Waals surface area (Å²) in [6, 6.07) is 0. The molecule has 0 aromatic heterocycles. The summed E-state index contributed by atoms with van der Waals surface area (Å²) in [6.45, 7) is 12.8. The van der Waals surface area contributed by atoms with Gasteiger partial charge in [-0.2, -0.15) is 11.8 Å². The summed E-state index contributed by atoms with van der Waals surface area (Å²) in [5, 5.41) is 0.460. The van der Waals surface area contributed by atoms with Gasteiger partial charge in [-0.25, -0.2) is 9.36 Å². The van der Waals surface area contributed by atoms with Crippen LogP contribution in [0.3, 0.4) is 0 Å². The maximum atomic E-state index is 12.1. The maximum absolute atomic E-state index is 12.1. The van der Waals surface area contributed by atoms with Gasteiger partial charge in [-0.3, -0.25) is 0 Å². The van der Waals surface area contributed by atoms with E-state index in [-0.39, 0.29) is 24.7 Å². The molecule has 0 aromatic carbocycles. The van der Waals surface area contributed by atoms with Gasteiger partial charge in [0.1, 0.15) is 0 Å². The van der Waals surface area contributed by atoms with E-state index in [0.717, 1.165) is 6.42 Å². The molecule has 0 radical (unpaired) electrons. The lowest BCUT2D eigenvalue weighted by atomic mass is 9.99. The van der Waals surface area contributed by atoms with Gasteiger partial charge in [0.05, 0.1) is 19.3 Å². The summed E-state index contributed by atoms with van der Waals surface area (Å²) < 4.78 is 28.2. The Bertz CT molecular complexity index is 639. The van der Waals surface area contributed by atoms with E-state index in [1.807, 2.05) is 20.8 Å². The number of hydrogen-bond acceptors (Lipinski definition) is 6. The van der Waals surface area contributed by atoms with Gasteiger partial charge in [0.15, 0.2) is 0 Å². The Balaban J connectivity index is 4.25. The molecular formula is C32H65O6PS. The molecule has 0 saturated heterocycles. The highest BCUT2D eigenvalue weighted by Gasteiger charge is 2.33. The number of carbonyl (C=O) groups excluding carboxylic acids is 1. The summed E-state index contributed by atoms with van der Waals surface area (Å²) in [6.07, 6.45) is 23.1. The second-order valence-electron chi connectivity index (χ2n) is 12.5. The molecule has 0 heterocycles. The van der Waals surface area contributed by atoms with Crippen molar-refractivity contribution in [3.05, 3.63) is 0 Å². The first-order chi connectivity index (χ1) is 19.0. The van der Waals surface area contributed by atoms with E-state index in [2.05, 4.69) is 32.5 Å². The molecule has 0 amide bonds. The van der Waals surface area contributed by atoms with Crippen molar-refractivity contribution in [2.75, 3.05) is 25.6 Å². The van der Waals surface area contributed by atoms with Gasteiger partial charge in [-0.15, -0.1) is 0 Å². The van der Waals surface area contributed by atoms with E-state index < -0.39 is 13.3 Å². The number of hydrogen-bond donors (Lipinski definition) is 1. The summed E-state index contributed by atoms with van der Waals surface area (Å²) in [5.74, 6) is 1.18. The first-order valence-electron chi connectivity index (χ1n) is 16.4. The Labute approximate surface area is 252 Å². The van der Waals surface area contributed by atoms with Crippen LogP contribution >= 0.6 is 19.4 Å². The Morgan fingerprint density at radius 2 is 1.27 bits per heavy atom. The molecule has 1 N–H and O–H groups in total. The van der Waals surface area contributed by atoms with Crippen molar-refractivity contribution in [1.29, 1.82) is 0 Å². The van der Waals surface area contributed by atoms with Crippen LogP contribution in [0.25, 0.3) is 0 Å². The fourth-order valence-corrected chi connectivity index (χ4v) is 6.51. The minimum atomic E-state index is -4.43. The summed E-state index contributed by atoms with van der Waals surface area (Å²) in [7, 11) is -4.43.